The van der Waals surface area contributed by atoms with Gasteiger partial charge in [0.25, 0.3) is 5.91 Å². The molecule has 1 fully saturated rings. The predicted octanol–water partition coefficient (Wildman–Crippen LogP) is 5.97. The number of aromatic nitrogens is 1. The maximum absolute atomic E-state index is 13.0. The number of carbonyl (C=O) groups excluding carboxylic acids is 1. The number of hydrogen-bond acceptors (Lipinski definition) is 5. The lowest BCUT2D eigenvalue weighted by atomic mass is 9.49. The lowest BCUT2D eigenvalue weighted by Crippen LogP contribution is -2.74. The van der Waals surface area contributed by atoms with Gasteiger partial charge in [0, 0.05) is 48.5 Å². The molecule has 1 heterocycles. The predicted molar refractivity (Wildman–Crippen MR) is 138 cm³/mol. The second-order valence-electron chi connectivity index (χ2n) is 10.5. The number of nitrogens with zero attached hydrogens (tertiary/aromatic N) is 2. The van der Waals surface area contributed by atoms with E-state index in [-0.39, 0.29) is 28.9 Å². The van der Waals surface area contributed by atoms with Crippen molar-refractivity contribution in [3.63, 3.8) is 0 Å². The van der Waals surface area contributed by atoms with Crippen molar-refractivity contribution in [2.45, 2.75) is 71.9 Å². The highest BCUT2D eigenvalue weighted by Gasteiger charge is 2.64. The largest absolute Gasteiger partial charge is 0.489 e. The van der Waals surface area contributed by atoms with Crippen LogP contribution < -0.4 is 10.1 Å². The smallest absolute Gasteiger partial charge is 0.253 e. The third-order valence-corrected chi connectivity index (χ3v) is 7.36. The number of ether oxygens (including phenoxy) is 2. The van der Waals surface area contributed by atoms with Gasteiger partial charge in [-0.25, -0.2) is 0 Å². The monoisotopic (exact) mass is 497 g/mol. The number of unbranched alkanes of at least 4 members (excludes halogenated alkanes) is 3. The zero-order valence-electron chi connectivity index (χ0n) is 21.4. The van der Waals surface area contributed by atoms with Crippen LogP contribution in [0, 0.1) is 22.2 Å². The third kappa shape index (κ3) is 6.15. The highest BCUT2D eigenvalue weighted by molar-refractivity contribution is 6.31. The molecule has 0 aliphatic heterocycles. The Labute approximate surface area is 214 Å². The normalized spacial score (nSPS) is 19.9. The highest BCUT2D eigenvalue weighted by Crippen LogP contribution is 2.55. The lowest BCUT2D eigenvalue weighted by molar-refractivity contribution is -0.164. The molecule has 1 aromatic heterocycles. The van der Waals surface area contributed by atoms with Gasteiger partial charge in [-0.1, -0.05) is 52.1 Å². The van der Waals surface area contributed by atoms with Crippen molar-refractivity contribution in [2.24, 2.45) is 10.8 Å². The minimum absolute atomic E-state index is 0.0897. The summed E-state index contributed by atoms with van der Waals surface area (Å²) in [5, 5.41) is 12.7. The van der Waals surface area contributed by atoms with Crippen molar-refractivity contribution in [1.82, 2.24) is 10.3 Å². The van der Waals surface area contributed by atoms with Crippen LogP contribution in [-0.4, -0.2) is 36.8 Å². The van der Waals surface area contributed by atoms with E-state index in [4.69, 9.17) is 26.3 Å². The molecule has 1 aliphatic rings. The van der Waals surface area contributed by atoms with Crippen molar-refractivity contribution in [3.8, 4) is 11.8 Å². The molecule has 6 nitrogen and oxygen atoms in total. The first-order valence-electron chi connectivity index (χ1n) is 12.2. The van der Waals surface area contributed by atoms with Gasteiger partial charge in [0.15, 0.2) is 0 Å². The van der Waals surface area contributed by atoms with Gasteiger partial charge in [-0.05, 0) is 43.5 Å². The van der Waals surface area contributed by atoms with Gasteiger partial charge in [-0.2, -0.15) is 5.26 Å². The van der Waals surface area contributed by atoms with Crippen molar-refractivity contribution >= 4 is 17.5 Å². The number of aryl methyl sites for hydroxylation is 1. The van der Waals surface area contributed by atoms with E-state index in [1.807, 2.05) is 12.1 Å². The Kier molecular flexibility index (Phi) is 8.79. The Morgan fingerprint density at radius 1 is 1.11 bits per heavy atom. The summed E-state index contributed by atoms with van der Waals surface area (Å²) in [6.07, 6.45) is 6.91. The van der Waals surface area contributed by atoms with Crippen LogP contribution in [0.25, 0.3) is 0 Å². The van der Waals surface area contributed by atoms with Crippen LogP contribution in [0.3, 0.4) is 0 Å². The fourth-order valence-electron chi connectivity index (χ4n) is 5.42. The molecule has 1 aromatic carbocycles. The molecule has 1 N–H and O–H groups in total. The van der Waals surface area contributed by atoms with E-state index >= 15 is 0 Å². The zero-order chi connectivity index (χ0) is 25.6. The molecule has 7 heteroatoms. The van der Waals surface area contributed by atoms with Crippen molar-refractivity contribution in [2.75, 3.05) is 13.7 Å². The number of carbonyl (C=O) groups is 1. The molecular formula is C28H36ClN3O3. The molecule has 0 bridgehead atoms. The maximum atomic E-state index is 13.0. The lowest BCUT2D eigenvalue weighted by Gasteiger charge is -2.63. The number of halogens is 1. The van der Waals surface area contributed by atoms with Gasteiger partial charge in [0.05, 0.1) is 16.1 Å². The van der Waals surface area contributed by atoms with Crippen molar-refractivity contribution < 1.29 is 14.3 Å². The quantitative estimate of drug-likeness (QED) is 0.387. The maximum Gasteiger partial charge on any atom is 0.253 e. The fraction of sp³-hybridized carbons (Fsp3) is 0.536. The second kappa shape index (κ2) is 11.4. The SMILES string of the molecule is COCCCCCCc1ccc(C(=O)NC2C(C)(C)C(Oc3ccc(C#N)c(Cl)c3)C2(C)C)cn1. The third-order valence-electron chi connectivity index (χ3n) is 7.05. The number of methoxy groups -OCH3 is 1. The minimum atomic E-state index is -0.310. The number of nitrogens with one attached hydrogen (secondary N) is 1. The Bertz CT molecular complexity index is 1040. The van der Waals surface area contributed by atoms with Crippen LogP contribution in [0.15, 0.2) is 36.5 Å². The molecule has 0 saturated heterocycles. The van der Waals surface area contributed by atoms with E-state index in [1.165, 1.54) is 0 Å². The van der Waals surface area contributed by atoms with Gasteiger partial charge in [-0.3, -0.25) is 9.78 Å². The topological polar surface area (TPSA) is 84.2 Å². The molecule has 1 saturated carbocycles. The van der Waals surface area contributed by atoms with E-state index in [2.05, 4.69) is 44.1 Å². The Balaban J connectivity index is 1.57. The second-order valence-corrected chi connectivity index (χ2v) is 10.9. The summed E-state index contributed by atoms with van der Waals surface area (Å²) in [5.74, 6) is 0.484. The van der Waals surface area contributed by atoms with E-state index < -0.39 is 0 Å². The molecule has 0 radical (unpaired) electrons. The standard InChI is InChI=1S/C28H36ClN3O3/c1-27(2)25(28(3,4)26(27)35-22-14-12-19(17-30)23(29)16-22)32-24(33)20-11-13-21(31-18-20)10-8-6-7-9-15-34-5/h11-14,16,18,25-26H,6-10,15H2,1-5H3,(H,32,33). The summed E-state index contributed by atoms with van der Waals surface area (Å²) in [7, 11) is 1.73. The summed E-state index contributed by atoms with van der Waals surface area (Å²) in [6, 6.07) is 10.9. The molecule has 35 heavy (non-hydrogen) atoms. The molecule has 1 amide bonds. The van der Waals surface area contributed by atoms with E-state index in [9.17, 15) is 4.79 Å². The summed E-state index contributed by atoms with van der Waals surface area (Å²) >= 11 is 6.18. The number of nitriles is 1. The van der Waals surface area contributed by atoms with Crippen LogP contribution in [-0.2, 0) is 11.2 Å². The molecule has 0 spiro atoms. The molecule has 3 rings (SSSR count). The molecule has 188 valence electrons. The van der Waals surface area contributed by atoms with Crippen molar-refractivity contribution in [1.29, 1.82) is 5.26 Å². The number of amides is 1. The first-order valence-corrected chi connectivity index (χ1v) is 12.6. The number of hydrogen-bond donors (Lipinski definition) is 1. The summed E-state index contributed by atoms with van der Waals surface area (Å²) in [6.45, 7) is 9.17. The Morgan fingerprint density at radius 3 is 2.43 bits per heavy atom. The van der Waals surface area contributed by atoms with E-state index in [1.54, 1.807) is 31.5 Å². The van der Waals surface area contributed by atoms with Crippen LogP contribution in [0.2, 0.25) is 5.02 Å². The highest BCUT2D eigenvalue weighted by atomic mass is 35.5. The summed E-state index contributed by atoms with van der Waals surface area (Å²) in [4.78, 5) is 17.5. The summed E-state index contributed by atoms with van der Waals surface area (Å²) < 4.78 is 11.4. The number of rotatable bonds is 11. The van der Waals surface area contributed by atoms with Crippen LogP contribution >= 0.6 is 11.6 Å². The zero-order valence-corrected chi connectivity index (χ0v) is 22.1. The van der Waals surface area contributed by atoms with Gasteiger partial charge in [-0.15, -0.1) is 0 Å². The average molecular weight is 498 g/mol. The molecule has 0 atom stereocenters. The van der Waals surface area contributed by atoms with Crippen molar-refractivity contribution in [3.05, 3.63) is 58.4 Å². The van der Waals surface area contributed by atoms with E-state index in [0.717, 1.165) is 44.4 Å². The van der Waals surface area contributed by atoms with Gasteiger partial charge >= 0.3 is 0 Å². The fourth-order valence-corrected chi connectivity index (χ4v) is 5.64. The van der Waals surface area contributed by atoms with E-state index in [0.29, 0.717) is 21.9 Å². The molecule has 2 aromatic rings. The van der Waals surface area contributed by atoms with Gasteiger partial charge in [0.2, 0.25) is 0 Å². The Hall–Kier alpha value is -2.62. The van der Waals surface area contributed by atoms with Gasteiger partial charge < -0.3 is 14.8 Å². The molecular weight excluding hydrogens is 462 g/mol. The molecule has 0 unspecified atom stereocenters. The van der Waals surface area contributed by atoms with Crippen LogP contribution in [0.1, 0.15) is 75.0 Å². The van der Waals surface area contributed by atoms with Crippen LogP contribution in [0.5, 0.6) is 5.75 Å². The average Bonchev–Trinajstić information content (AvgIpc) is 2.83. The summed E-state index contributed by atoms with van der Waals surface area (Å²) in [5.41, 5.74) is 1.36. The number of pyridine rings is 1. The van der Waals surface area contributed by atoms with Gasteiger partial charge in [0.1, 0.15) is 17.9 Å². The minimum Gasteiger partial charge on any atom is -0.489 e. The first-order chi connectivity index (χ1) is 16.6. The number of benzene rings is 1. The van der Waals surface area contributed by atoms with Crippen LogP contribution in [0.4, 0.5) is 0 Å². The first kappa shape index (κ1) is 27.0. The Morgan fingerprint density at radius 2 is 1.83 bits per heavy atom. The molecule has 1 aliphatic carbocycles.